The lowest BCUT2D eigenvalue weighted by molar-refractivity contribution is -0.145. The Morgan fingerprint density at radius 3 is 2.38 bits per heavy atom. The molecular weight excluding hydrogens is 272 g/mol. The fourth-order valence-electron chi connectivity index (χ4n) is 2.56. The van der Waals surface area contributed by atoms with E-state index in [-0.39, 0.29) is 11.1 Å². The molecule has 1 amide bonds. The summed E-state index contributed by atoms with van der Waals surface area (Å²) in [5, 5.41) is 15.9. The Morgan fingerprint density at radius 1 is 1.29 bits per heavy atom. The number of nitrogens with one attached hydrogen (secondary N) is 1. The van der Waals surface area contributed by atoms with Crippen molar-refractivity contribution in [3.63, 3.8) is 0 Å². The molecule has 1 aromatic rings. The van der Waals surface area contributed by atoms with Crippen LogP contribution in [0.1, 0.15) is 69.1 Å². The van der Waals surface area contributed by atoms with Gasteiger partial charge in [-0.15, -0.1) is 0 Å². The minimum atomic E-state index is -1.17. The fourth-order valence-corrected chi connectivity index (χ4v) is 2.56. The predicted octanol–water partition coefficient (Wildman–Crippen LogP) is 2.49. The highest BCUT2D eigenvalue weighted by Gasteiger charge is 2.41. The van der Waals surface area contributed by atoms with Gasteiger partial charge in [-0.25, -0.2) is 4.79 Å². The van der Waals surface area contributed by atoms with E-state index in [1.165, 1.54) is 0 Å². The van der Waals surface area contributed by atoms with Crippen LogP contribution < -0.4 is 5.32 Å². The SMILES string of the molecule is CC(C)(C)c1cc(C(=O)NC2(C(=O)O)CCCCC2)no1. The highest BCUT2D eigenvalue weighted by atomic mass is 16.5. The summed E-state index contributed by atoms with van der Waals surface area (Å²) in [5.74, 6) is -0.866. The normalized spacial score (nSPS) is 18.2. The van der Waals surface area contributed by atoms with E-state index in [1.54, 1.807) is 6.07 Å². The Morgan fingerprint density at radius 2 is 1.90 bits per heavy atom. The van der Waals surface area contributed by atoms with Crippen molar-refractivity contribution < 1.29 is 19.2 Å². The molecule has 2 rings (SSSR count). The molecule has 21 heavy (non-hydrogen) atoms. The Hall–Kier alpha value is -1.85. The van der Waals surface area contributed by atoms with E-state index in [2.05, 4.69) is 10.5 Å². The summed E-state index contributed by atoms with van der Waals surface area (Å²) in [6.45, 7) is 5.86. The molecule has 1 fully saturated rings. The Kier molecular flexibility index (Phi) is 4.07. The second-order valence-corrected chi connectivity index (χ2v) is 6.73. The van der Waals surface area contributed by atoms with Gasteiger partial charge in [-0.05, 0) is 12.8 Å². The van der Waals surface area contributed by atoms with Gasteiger partial charge in [0.2, 0.25) is 0 Å². The number of carboxylic acids is 1. The second kappa shape index (κ2) is 5.50. The molecular formula is C15H22N2O4. The summed E-state index contributed by atoms with van der Waals surface area (Å²) in [5.41, 5.74) is -1.29. The summed E-state index contributed by atoms with van der Waals surface area (Å²) in [4.78, 5) is 23.8. The molecule has 6 heteroatoms. The van der Waals surface area contributed by atoms with Gasteiger partial charge in [0.05, 0.1) is 0 Å². The van der Waals surface area contributed by atoms with Gasteiger partial charge < -0.3 is 14.9 Å². The van der Waals surface area contributed by atoms with Crippen molar-refractivity contribution in [2.75, 3.05) is 0 Å². The van der Waals surface area contributed by atoms with Crippen LogP contribution in [0.5, 0.6) is 0 Å². The molecule has 0 saturated heterocycles. The Bertz CT molecular complexity index is 536. The zero-order valence-corrected chi connectivity index (χ0v) is 12.7. The smallest absolute Gasteiger partial charge is 0.329 e. The molecule has 1 heterocycles. The van der Waals surface area contributed by atoms with Gasteiger partial charge in [-0.3, -0.25) is 4.79 Å². The lowest BCUT2D eigenvalue weighted by Crippen LogP contribution is -2.55. The quantitative estimate of drug-likeness (QED) is 0.893. The van der Waals surface area contributed by atoms with Crippen LogP contribution in [0.4, 0.5) is 0 Å². The summed E-state index contributed by atoms with van der Waals surface area (Å²) in [7, 11) is 0. The first-order chi connectivity index (χ1) is 9.74. The molecule has 1 aromatic heterocycles. The first-order valence-electron chi connectivity index (χ1n) is 7.28. The molecule has 2 N–H and O–H groups in total. The van der Waals surface area contributed by atoms with Gasteiger partial charge in [0.15, 0.2) is 5.69 Å². The molecule has 0 aliphatic heterocycles. The Balaban J connectivity index is 2.16. The van der Waals surface area contributed by atoms with Crippen LogP contribution in [0.3, 0.4) is 0 Å². The third-order valence-corrected chi connectivity index (χ3v) is 3.95. The predicted molar refractivity (Wildman–Crippen MR) is 76.1 cm³/mol. The van der Waals surface area contributed by atoms with Gasteiger partial charge in [0.25, 0.3) is 5.91 Å². The molecule has 0 atom stereocenters. The summed E-state index contributed by atoms with van der Waals surface area (Å²) >= 11 is 0. The first kappa shape index (κ1) is 15.5. The number of hydrogen-bond donors (Lipinski definition) is 2. The van der Waals surface area contributed by atoms with Crippen LogP contribution in [-0.2, 0) is 10.2 Å². The van der Waals surface area contributed by atoms with Gasteiger partial charge >= 0.3 is 5.97 Å². The zero-order chi connectivity index (χ0) is 15.7. The highest BCUT2D eigenvalue weighted by molar-refractivity contribution is 5.96. The largest absolute Gasteiger partial charge is 0.480 e. The van der Waals surface area contributed by atoms with E-state index in [9.17, 15) is 14.7 Å². The molecule has 0 spiro atoms. The third kappa shape index (κ3) is 3.25. The van der Waals surface area contributed by atoms with Gasteiger partial charge in [0.1, 0.15) is 11.3 Å². The topological polar surface area (TPSA) is 92.4 Å². The summed E-state index contributed by atoms with van der Waals surface area (Å²) < 4.78 is 5.17. The molecule has 1 saturated carbocycles. The molecule has 0 aromatic carbocycles. The maximum absolute atomic E-state index is 12.3. The van der Waals surface area contributed by atoms with Crippen molar-refractivity contribution >= 4 is 11.9 Å². The molecule has 6 nitrogen and oxygen atoms in total. The van der Waals surface area contributed by atoms with Crippen LogP contribution in [0.15, 0.2) is 10.6 Å². The fraction of sp³-hybridized carbons (Fsp3) is 0.667. The standard InChI is InChI=1S/C15H22N2O4/c1-14(2,3)11-9-10(17-21-11)12(18)16-15(13(19)20)7-5-4-6-8-15/h9H,4-8H2,1-3H3,(H,16,18)(H,19,20). The van der Waals surface area contributed by atoms with E-state index in [0.29, 0.717) is 18.6 Å². The molecule has 1 aliphatic rings. The maximum Gasteiger partial charge on any atom is 0.329 e. The van der Waals surface area contributed by atoms with Crippen molar-refractivity contribution in [3.8, 4) is 0 Å². The van der Waals surface area contributed by atoms with Gasteiger partial charge in [0, 0.05) is 11.5 Å². The van der Waals surface area contributed by atoms with Crippen molar-refractivity contribution in [2.45, 2.75) is 63.8 Å². The molecule has 0 radical (unpaired) electrons. The lowest BCUT2D eigenvalue weighted by Gasteiger charge is -2.33. The minimum Gasteiger partial charge on any atom is -0.480 e. The number of carbonyl (C=O) groups excluding carboxylic acids is 1. The van der Waals surface area contributed by atoms with E-state index in [4.69, 9.17) is 4.52 Å². The number of aromatic nitrogens is 1. The van der Waals surface area contributed by atoms with Crippen molar-refractivity contribution in [2.24, 2.45) is 0 Å². The minimum absolute atomic E-state index is 0.131. The zero-order valence-electron chi connectivity index (χ0n) is 12.7. The number of hydrogen-bond acceptors (Lipinski definition) is 4. The van der Waals surface area contributed by atoms with Crippen LogP contribution in [-0.4, -0.2) is 27.7 Å². The third-order valence-electron chi connectivity index (χ3n) is 3.95. The molecule has 0 bridgehead atoms. The molecule has 1 aliphatic carbocycles. The summed E-state index contributed by atoms with van der Waals surface area (Å²) in [6.07, 6.45) is 3.52. The molecule has 0 unspecified atom stereocenters. The van der Waals surface area contributed by atoms with Crippen LogP contribution in [0.25, 0.3) is 0 Å². The maximum atomic E-state index is 12.3. The average molecular weight is 294 g/mol. The number of nitrogens with zero attached hydrogens (tertiary/aromatic N) is 1. The van der Waals surface area contributed by atoms with Crippen molar-refractivity contribution in [1.82, 2.24) is 10.5 Å². The van der Waals surface area contributed by atoms with Crippen molar-refractivity contribution in [3.05, 3.63) is 17.5 Å². The Labute approximate surface area is 123 Å². The molecule has 116 valence electrons. The van der Waals surface area contributed by atoms with E-state index >= 15 is 0 Å². The number of rotatable bonds is 3. The lowest BCUT2D eigenvalue weighted by atomic mass is 9.81. The number of carboxylic acid groups (broad SMARTS) is 1. The number of aliphatic carboxylic acids is 1. The van der Waals surface area contributed by atoms with Gasteiger partial charge in [-0.1, -0.05) is 45.2 Å². The monoisotopic (exact) mass is 294 g/mol. The van der Waals surface area contributed by atoms with E-state index in [0.717, 1.165) is 19.3 Å². The van der Waals surface area contributed by atoms with Crippen LogP contribution in [0.2, 0.25) is 0 Å². The number of amides is 1. The van der Waals surface area contributed by atoms with Crippen molar-refractivity contribution in [1.29, 1.82) is 0 Å². The van der Waals surface area contributed by atoms with E-state index < -0.39 is 17.4 Å². The van der Waals surface area contributed by atoms with Crippen LogP contribution in [0, 0.1) is 0 Å². The second-order valence-electron chi connectivity index (χ2n) is 6.73. The highest BCUT2D eigenvalue weighted by Crippen LogP contribution is 2.29. The number of carbonyl (C=O) groups is 2. The average Bonchev–Trinajstić information content (AvgIpc) is 2.89. The van der Waals surface area contributed by atoms with Gasteiger partial charge in [-0.2, -0.15) is 0 Å². The first-order valence-corrected chi connectivity index (χ1v) is 7.28. The van der Waals surface area contributed by atoms with Crippen LogP contribution >= 0.6 is 0 Å². The summed E-state index contributed by atoms with van der Waals surface area (Å²) in [6, 6.07) is 1.58. The van der Waals surface area contributed by atoms with E-state index in [1.807, 2.05) is 20.8 Å².